The van der Waals surface area contributed by atoms with Crippen molar-refractivity contribution in [2.24, 2.45) is 0 Å². The standard InChI is InChI=1S/C12H14N4/c1-2-4-12-14-7-9(8-15-12)10-5-3-6-11(13)16-10/h3,5-8H,2,4H2,1H3,(H2,13,16). The summed E-state index contributed by atoms with van der Waals surface area (Å²) in [4.78, 5) is 12.8. The van der Waals surface area contributed by atoms with E-state index >= 15 is 0 Å². The molecule has 2 heterocycles. The van der Waals surface area contributed by atoms with Crippen LogP contribution in [0.1, 0.15) is 19.2 Å². The lowest BCUT2D eigenvalue weighted by atomic mass is 10.2. The lowest BCUT2D eigenvalue weighted by Crippen LogP contribution is -1.96. The predicted molar refractivity (Wildman–Crippen MR) is 63.7 cm³/mol. The molecule has 0 unspecified atom stereocenters. The van der Waals surface area contributed by atoms with Crippen molar-refractivity contribution in [2.45, 2.75) is 19.8 Å². The fraction of sp³-hybridized carbons (Fsp3) is 0.250. The average molecular weight is 214 g/mol. The van der Waals surface area contributed by atoms with E-state index in [2.05, 4.69) is 21.9 Å². The van der Waals surface area contributed by atoms with Crippen LogP contribution < -0.4 is 5.73 Å². The molecule has 0 radical (unpaired) electrons. The van der Waals surface area contributed by atoms with Crippen LogP contribution in [0.25, 0.3) is 11.3 Å². The van der Waals surface area contributed by atoms with Gasteiger partial charge in [0.2, 0.25) is 0 Å². The maximum atomic E-state index is 5.62. The minimum atomic E-state index is 0.509. The topological polar surface area (TPSA) is 64.7 Å². The second-order valence-corrected chi connectivity index (χ2v) is 3.59. The number of rotatable bonds is 3. The van der Waals surface area contributed by atoms with Crippen molar-refractivity contribution in [3.05, 3.63) is 36.4 Å². The Bertz CT molecular complexity index is 465. The van der Waals surface area contributed by atoms with Crippen molar-refractivity contribution in [2.75, 3.05) is 5.73 Å². The lowest BCUT2D eigenvalue weighted by Gasteiger charge is -2.02. The molecule has 0 saturated carbocycles. The van der Waals surface area contributed by atoms with E-state index in [1.807, 2.05) is 12.1 Å². The molecule has 0 aliphatic carbocycles. The fourth-order valence-corrected chi connectivity index (χ4v) is 1.45. The zero-order valence-corrected chi connectivity index (χ0v) is 9.22. The molecule has 2 aromatic heterocycles. The van der Waals surface area contributed by atoms with E-state index < -0.39 is 0 Å². The van der Waals surface area contributed by atoms with Crippen LogP contribution in [0.4, 0.5) is 5.82 Å². The summed E-state index contributed by atoms with van der Waals surface area (Å²) in [7, 11) is 0. The summed E-state index contributed by atoms with van der Waals surface area (Å²) in [6, 6.07) is 5.53. The summed E-state index contributed by atoms with van der Waals surface area (Å²) in [5.74, 6) is 1.38. The number of aryl methyl sites for hydroxylation is 1. The van der Waals surface area contributed by atoms with Crippen molar-refractivity contribution in [1.82, 2.24) is 15.0 Å². The fourth-order valence-electron chi connectivity index (χ4n) is 1.45. The molecule has 2 N–H and O–H groups in total. The number of nitrogen functional groups attached to an aromatic ring is 1. The maximum absolute atomic E-state index is 5.62. The van der Waals surface area contributed by atoms with Crippen molar-refractivity contribution in [3.63, 3.8) is 0 Å². The Balaban J connectivity index is 2.27. The third-order valence-electron chi connectivity index (χ3n) is 2.25. The molecule has 0 bridgehead atoms. The minimum Gasteiger partial charge on any atom is -0.384 e. The number of hydrogen-bond donors (Lipinski definition) is 1. The van der Waals surface area contributed by atoms with Gasteiger partial charge in [-0.1, -0.05) is 13.0 Å². The van der Waals surface area contributed by atoms with E-state index in [0.717, 1.165) is 29.9 Å². The van der Waals surface area contributed by atoms with Gasteiger partial charge in [-0.2, -0.15) is 0 Å². The highest BCUT2D eigenvalue weighted by molar-refractivity contribution is 5.58. The summed E-state index contributed by atoms with van der Waals surface area (Å²) < 4.78 is 0. The largest absolute Gasteiger partial charge is 0.384 e. The van der Waals surface area contributed by atoms with Gasteiger partial charge in [-0.3, -0.25) is 0 Å². The normalized spacial score (nSPS) is 10.3. The zero-order chi connectivity index (χ0) is 11.4. The van der Waals surface area contributed by atoms with Gasteiger partial charge >= 0.3 is 0 Å². The van der Waals surface area contributed by atoms with E-state index in [-0.39, 0.29) is 0 Å². The van der Waals surface area contributed by atoms with Crippen LogP contribution in [0.2, 0.25) is 0 Å². The highest BCUT2D eigenvalue weighted by atomic mass is 14.9. The number of nitrogens with zero attached hydrogens (tertiary/aromatic N) is 3. The first-order valence-electron chi connectivity index (χ1n) is 5.33. The third-order valence-corrected chi connectivity index (χ3v) is 2.25. The molecule has 82 valence electrons. The van der Waals surface area contributed by atoms with Gasteiger partial charge < -0.3 is 5.73 Å². The molecule has 0 fully saturated rings. The molecular formula is C12H14N4. The number of anilines is 1. The Hall–Kier alpha value is -1.97. The van der Waals surface area contributed by atoms with Gasteiger partial charge in [0.25, 0.3) is 0 Å². The molecule has 2 rings (SSSR count). The van der Waals surface area contributed by atoms with Gasteiger partial charge in [-0.05, 0) is 18.6 Å². The molecule has 0 aromatic carbocycles. The molecule has 0 aliphatic heterocycles. The SMILES string of the molecule is CCCc1ncc(-c2cccc(N)n2)cn1. The van der Waals surface area contributed by atoms with Crippen LogP contribution in [0.15, 0.2) is 30.6 Å². The van der Waals surface area contributed by atoms with Crippen LogP contribution in [-0.2, 0) is 6.42 Å². The van der Waals surface area contributed by atoms with Crippen LogP contribution in [0.3, 0.4) is 0 Å². The third kappa shape index (κ3) is 2.34. The van der Waals surface area contributed by atoms with Crippen LogP contribution >= 0.6 is 0 Å². The molecular weight excluding hydrogens is 200 g/mol. The number of pyridine rings is 1. The number of hydrogen-bond acceptors (Lipinski definition) is 4. The van der Waals surface area contributed by atoms with Gasteiger partial charge in [-0.15, -0.1) is 0 Å². The molecule has 16 heavy (non-hydrogen) atoms. The minimum absolute atomic E-state index is 0.509. The van der Waals surface area contributed by atoms with E-state index in [9.17, 15) is 0 Å². The van der Waals surface area contributed by atoms with Crippen LogP contribution in [-0.4, -0.2) is 15.0 Å². The molecule has 0 saturated heterocycles. The predicted octanol–water partition coefficient (Wildman–Crippen LogP) is 2.07. The Morgan fingerprint density at radius 3 is 2.56 bits per heavy atom. The lowest BCUT2D eigenvalue weighted by molar-refractivity contribution is 0.835. The first-order chi connectivity index (χ1) is 7.79. The summed E-state index contributed by atoms with van der Waals surface area (Å²) in [6.07, 6.45) is 5.54. The van der Waals surface area contributed by atoms with E-state index in [0.29, 0.717) is 5.82 Å². The molecule has 4 nitrogen and oxygen atoms in total. The van der Waals surface area contributed by atoms with Crippen molar-refractivity contribution in [3.8, 4) is 11.3 Å². The van der Waals surface area contributed by atoms with Gasteiger partial charge in [0, 0.05) is 24.4 Å². The zero-order valence-electron chi connectivity index (χ0n) is 9.22. The quantitative estimate of drug-likeness (QED) is 0.849. The molecule has 0 aliphatic rings. The van der Waals surface area contributed by atoms with E-state index in [1.54, 1.807) is 18.5 Å². The van der Waals surface area contributed by atoms with Gasteiger partial charge in [0.1, 0.15) is 11.6 Å². The van der Waals surface area contributed by atoms with Crippen LogP contribution in [0.5, 0.6) is 0 Å². The molecule has 0 atom stereocenters. The molecule has 0 amide bonds. The summed E-state index contributed by atoms with van der Waals surface area (Å²) in [6.45, 7) is 2.11. The highest BCUT2D eigenvalue weighted by Crippen LogP contribution is 2.15. The van der Waals surface area contributed by atoms with Gasteiger partial charge in [-0.25, -0.2) is 15.0 Å². The van der Waals surface area contributed by atoms with Crippen molar-refractivity contribution >= 4 is 5.82 Å². The Kier molecular flexibility index (Phi) is 3.10. The van der Waals surface area contributed by atoms with Crippen LogP contribution in [0, 0.1) is 0 Å². The molecule has 2 aromatic rings. The Morgan fingerprint density at radius 2 is 1.94 bits per heavy atom. The average Bonchev–Trinajstić information content (AvgIpc) is 2.30. The first kappa shape index (κ1) is 10.5. The smallest absolute Gasteiger partial charge is 0.128 e. The maximum Gasteiger partial charge on any atom is 0.128 e. The summed E-state index contributed by atoms with van der Waals surface area (Å²) in [5, 5.41) is 0. The number of aromatic nitrogens is 3. The van der Waals surface area contributed by atoms with Gasteiger partial charge in [0.15, 0.2) is 0 Å². The summed E-state index contributed by atoms with van der Waals surface area (Å²) in [5.41, 5.74) is 7.33. The first-order valence-corrected chi connectivity index (χ1v) is 5.33. The second kappa shape index (κ2) is 4.70. The molecule has 4 heteroatoms. The van der Waals surface area contributed by atoms with Crippen molar-refractivity contribution < 1.29 is 0 Å². The molecule has 0 spiro atoms. The van der Waals surface area contributed by atoms with E-state index in [1.165, 1.54) is 0 Å². The second-order valence-electron chi connectivity index (χ2n) is 3.59. The Labute approximate surface area is 94.6 Å². The van der Waals surface area contributed by atoms with Crippen molar-refractivity contribution in [1.29, 1.82) is 0 Å². The Morgan fingerprint density at radius 1 is 1.19 bits per heavy atom. The monoisotopic (exact) mass is 214 g/mol. The number of nitrogens with two attached hydrogens (primary N) is 1. The highest BCUT2D eigenvalue weighted by Gasteiger charge is 2.01. The summed E-state index contributed by atoms with van der Waals surface area (Å²) >= 11 is 0. The van der Waals surface area contributed by atoms with E-state index in [4.69, 9.17) is 5.73 Å². The van der Waals surface area contributed by atoms with Gasteiger partial charge in [0.05, 0.1) is 5.69 Å².